The Kier molecular flexibility index (Phi) is 10.9. The number of ketones is 1. The highest BCUT2D eigenvalue weighted by Gasteiger charge is 2.66. The van der Waals surface area contributed by atoms with Crippen LogP contribution < -0.4 is 17.0 Å². The van der Waals surface area contributed by atoms with Crippen LogP contribution in [0.3, 0.4) is 0 Å². The first-order valence-electron chi connectivity index (χ1n) is 18.7. The third-order valence-electron chi connectivity index (χ3n) is 14.9. The summed E-state index contributed by atoms with van der Waals surface area (Å²) < 4.78 is 7.80. The average molecular weight is 674 g/mol. The van der Waals surface area contributed by atoms with E-state index in [1.54, 1.807) is 0 Å². The molecule has 2 heterocycles. The summed E-state index contributed by atoms with van der Waals surface area (Å²) in [4.78, 5) is 16.1. The zero-order chi connectivity index (χ0) is 30.4. The van der Waals surface area contributed by atoms with E-state index >= 15 is 0 Å². The van der Waals surface area contributed by atoms with Crippen molar-refractivity contribution in [1.82, 2.24) is 4.90 Å². The maximum atomic E-state index is 13.2. The summed E-state index contributed by atoms with van der Waals surface area (Å²) in [5.41, 5.74) is 0.697. The van der Waals surface area contributed by atoms with Crippen molar-refractivity contribution >= 4 is 5.78 Å². The van der Waals surface area contributed by atoms with E-state index in [1.165, 1.54) is 114 Å². The first-order valence-corrected chi connectivity index (χ1v) is 18.7. The molecule has 2 aliphatic heterocycles. The van der Waals surface area contributed by atoms with Crippen molar-refractivity contribution in [3.05, 3.63) is 25.0 Å². The first kappa shape index (κ1) is 34.7. The van der Waals surface area contributed by atoms with Gasteiger partial charge in [0.2, 0.25) is 0 Å². The number of nitrogens with zero attached hydrogens (tertiary/aromatic N) is 2. The molecule has 250 valence electrons. The standard InChI is InChI=1S/C39H65N2O2.BrH/c1-7-21-41(22-13-10-14-23-41)36-26-33-31-16-15-29-24-37(43-28(3)4)35(40-19-11-9-12-20-40)27-39(29,6)32(31)17-18-38(33,5)34(36)25-30(42)8-2;/h7,29,31-37H,1,3,8-27H2,2,4-6H3;1H/q+1;/p-1/t29?,31?,32?,33?,34-,35-,36-,37-,38-,39-;/m0./s1. The van der Waals surface area contributed by atoms with E-state index in [2.05, 4.69) is 51.8 Å². The van der Waals surface area contributed by atoms with Gasteiger partial charge in [-0.05, 0) is 131 Å². The van der Waals surface area contributed by atoms with Crippen LogP contribution in [0.2, 0.25) is 0 Å². The van der Waals surface area contributed by atoms with Gasteiger partial charge in [0.15, 0.2) is 0 Å². The van der Waals surface area contributed by atoms with Gasteiger partial charge in [-0.1, -0.05) is 40.3 Å². The number of fused-ring (bicyclic) bond motifs is 5. The Morgan fingerprint density at radius 1 is 0.977 bits per heavy atom. The monoisotopic (exact) mass is 672 g/mol. The third-order valence-corrected chi connectivity index (χ3v) is 14.9. The molecule has 0 aromatic rings. The van der Waals surface area contributed by atoms with Gasteiger partial charge >= 0.3 is 0 Å². The van der Waals surface area contributed by atoms with Crippen LogP contribution in [0, 0.1) is 40.4 Å². The lowest BCUT2D eigenvalue weighted by atomic mass is 9.44. The SMILES string of the molecule is C=CC[N+]1([C@H]2CC3C4CCC5C[C@H](OC(=C)C)[C@@H](N6CCCCC6)C[C@]5(C)C4CC[C@]3(C)[C@H]2CC(=O)CC)CCCCC1.[Br-]. The summed E-state index contributed by atoms with van der Waals surface area (Å²) in [6.45, 7) is 24.2. The molecule has 0 bridgehead atoms. The molecular weight excluding hydrogens is 608 g/mol. The fraction of sp³-hybridized carbons (Fsp3) is 0.872. The van der Waals surface area contributed by atoms with E-state index in [-0.39, 0.29) is 17.0 Å². The van der Waals surface area contributed by atoms with Crippen molar-refractivity contribution in [2.24, 2.45) is 40.4 Å². The highest BCUT2D eigenvalue weighted by Crippen LogP contribution is 2.69. The number of halogens is 1. The molecule has 6 fully saturated rings. The normalized spacial score (nSPS) is 43.5. The van der Waals surface area contributed by atoms with E-state index in [9.17, 15) is 4.79 Å². The smallest absolute Gasteiger partial charge is 0.133 e. The molecule has 6 rings (SSSR count). The number of quaternary nitrogens is 1. The molecule has 4 saturated carbocycles. The van der Waals surface area contributed by atoms with Crippen LogP contribution in [0.15, 0.2) is 25.0 Å². The lowest BCUT2D eigenvalue weighted by Crippen LogP contribution is -3.00. The van der Waals surface area contributed by atoms with Crippen molar-refractivity contribution in [2.75, 3.05) is 32.7 Å². The highest BCUT2D eigenvalue weighted by molar-refractivity contribution is 5.78. The van der Waals surface area contributed by atoms with Gasteiger partial charge in [-0.2, -0.15) is 0 Å². The van der Waals surface area contributed by atoms with Gasteiger partial charge in [0, 0.05) is 31.2 Å². The Morgan fingerprint density at radius 3 is 2.34 bits per heavy atom. The molecule has 0 radical (unpaired) electrons. The Balaban J connectivity index is 0.00000384. The summed E-state index contributed by atoms with van der Waals surface area (Å²) in [5, 5.41) is 0. The fourth-order valence-electron chi connectivity index (χ4n) is 12.8. The van der Waals surface area contributed by atoms with E-state index in [1.807, 2.05) is 0 Å². The van der Waals surface area contributed by atoms with E-state index in [0.717, 1.165) is 42.4 Å². The maximum absolute atomic E-state index is 13.2. The lowest BCUT2D eigenvalue weighted by Gasteiger charge is -2.63. The van der Waals surface area contributed by atoms with Crippen molar-refractivity contribution in [3.63, 3.8) is 0 Å². The number of hydrogen-bond donors (Lipinski definition) is 0. The van der Waals surface area contributed by atoms with Crippen LogP contribution in [0.1, 0.15) is 124 Å². The predicted molar refractivity (Wildman–Crippen MR) is 177 cm³/mol. The number of ether oxygens (including phenoxy) is 1. The van der Waals surface area contributed by atoms with Crippen LogP contribution >= 0.6 is 0 Å². The van der Waals surface area contributed by atoms with Gasteiger partial charge in [-0.15, -0.1) is 0 Å². The minimum atomic E-state index is 0. The predicted octanol–water partition coefficient (Wildman–Crippen LogP) is 5.57. The van der Waals surface area contributed by atoms with Gasteiger partial charge in [0.05, 0.1) is 31.4 Å². The van der Waals surface area contributed by atoms with Crippen LogP contribution in [-0.4, -0.2) is 66.1 Å². The second-order valence-corrected chi connectivity index (χ2v) is 16.9. The summed E-state index contributed by atoms with van der Waals surface area (Å²) >= 11 is 0. The summed E-state index contributed by atoms with van der Waals surface area (Å²) in [5.74, 6) is 5.11. The molecule has 0 amide bonds. The molecule has 4 nitrogen and oxygen atoms in total. The maximum Gasteiger partial charge on any atom is 0.133 e. The average Bonchev–Trinajstić information content (AvgIpc) is 3.30. The van der Waals surface area contributed by atoms with E-state index in [0.29, 0.717) is 47.1 Å². The Labute approximate surface area is 281 Å². The number of piperidine rings is 2. The van der Waals surface area contributed by atoms with Gasteiger partial charge < -0.3 is 26.2 Å². The molecule has 0 spiro atoms. The van der Waals surface area contributed by atoms with E-state index < -0.39 is 0 Å². The fourth-order valence-corrected chi connectivity index (χ4v) is 12.8. The first-order chi connectivity index (χ1) is 20.6. The zero-order valence-electron chi connectivity index (χ0n) is 28.8. The molecule has 10 atom stereocenters. The van der Waals surface area contributed by atoms with Crippen molar-refractivity contribution in [1.29, 1.82) is 0 Å². The minimum Gasteiger partial charge on any atom is -1.00 e. The molecule has 0 N–H and O–H groups in total. The number of allylic oxidation sites excluding steroid dienone is 1. The van der Waals surface area contributed by atoms with Gasteiger partial charge in [-0.3, -0.25) is 9.69 Å². The number of carbonyl (C=O) groups excluding carboxylic acids is 1. The molecular formula is C39H65BrN2O2. The number of Topliss-reactive ketones (excluding diaryl/α,β-unsaturated/α-hetero) is 1. The zero-order valence-corrected chi connectivity index (χ0v) is 30.4. The van der Waals surface area contributed by atoms with Gasteiger partial charge in [0.1, 0.15) is 11.9 Å². The topological polar surface area (TPSA) is 29.5 Å². The van der Waals surface area contributed by atoms with Crippen molar-refractivity contribution in [2.45, 2.75) is 142 Å². The Morgan fingerprint density at radius 2 is 1.68 bits per heavy atom. The van der Waals surface area contributed by atoms with Gasteiger partial charge in [-0.25, -0.2) is 0 Å². The largest absolute Gasteiger partial charge is 1.00 e. The second-order valence-electron chi connectivity index (χ2n) is 16.9. The Bertz CT molecular complexity index is 1030. The van der Waals surface area contributed by atoms with Crippen molar-refractivity contribution < 1.29 is 31.0 Å². The van der Waals surface area contributed by atoms with E-state index in [4.69, 9.17) is 4.74 Å². The molecule has 4 aliphatic carbocycles. The second kappa shape index (κ2) is 13.8. The minimum absolute atomic E-state index is 0. The molecule has 44 heavy (non-hydrogen) atoms. The molecule has 5 heteroatoms. The molecule has 2 saturated heterocycles. The van der Waals surface area contributed by atoms with Crippen LogP contribution in [0.4, 0.5) is 0 Å². The highest BCUT2D eigenvalue weighted by atomic mass is 79.9. The molecule has 6 aliphatic rings. The molecule has 4 unspecified atom stereocenters. The quantitative estimate of drug-likeness (QED) is 0.182. The number of carbonyl (C=O) groups is 1. The van der Waals surface area contributed by atoms with Crippen LogP contribution in [-0.2, 0) is 9.53 Å². The summed E-state index contributed by atoms with van der Waals surface area (Å²) in [6, 6.07) is 1.17. The summed E-state index contributed by atoms with van der Waals surface area (Å²) in [6.07, 6.45) is 21.5. The lowest BCUT2D eigenvalue weighted by molar-refractivity contribution is -0.953. The van der Waals surface area contributed by atoms with Gasteiger partial charge in [0.25, 0.3) is 0 Å². The third kappa shape index (κ3) is 6.07. The van der Waals surface area contributed by atoms with Crippen LogP contribution in [0.25, 0.3) is 0 Å². The number of hydrogen-bond acceptors (Lipinski definition) is 3. The summed E-state index contributed by atoms with van der Waals surface area (Å²) in [7, 11) is 0. The Hall–Kier alpha value is -0.650. The molecule has 0 aromatic carbocycles. The van der Waals surface area contributed by atoms with Crippen LogP contribution in [0.5, 0.6) is 0 Å². The van der Waals surface area contributed by atoms with Crippen molar-refractivity contribution in [3.8, 4) is 0 Å². The number of rotatable bonds is 9. The molecule has 0 aromatic heterocycles. The number of likely N-dealkylation sites (tertiary alicyclic amines) is 2.